The predicted molar refractivity (Wildman–Crippen MR) is 69.6 cm³/mol. The lowest BCUT2D eigenvalue weighted by atomic mass is 9.62. The average Bonchev–Trinajstić information content (AvgIpc) is 2.51. The van der Waals surface area contributed by atoms with Gasteiger partial charge in [0, 0.05) is 22.8 Å². The van der Waals surface area contributed by atoms with Crippen LogP contribution in [0.4, 0.5) is 0 Å². The first-order valence-corrected chi connectivity index (χ1v) is 6.37. The third-order valence-electron chi connectivity index (χ3n) is 4.88. The summed E-state index contributed by atoms with van der Waals surface area (Å²) in [4.78, 5) is 36.0. The summed E-state index contributed by atoms with van der Waals surface area (Å²) in [6, 6.07) is 0. The molecule has 0 aromatic heterocycles. The lowest BCUT2D eigenvalue weighted by Gasteiger charge is -2.39. The number of aliphatic hydroxyl groups is 1. The van der Waals surface area contributed by atoms with Crippen LogP contribution in [0.3, 0.4) is 0 Å². The molecule has 0 unspecified atom stereocenters. The highest BCUT2D eigenvalue weighted by Crippen LogP contribution is 2.55. The van der Waals surface area contributed by atoms with Gasteiger partial charge in [0.1, 0.15) is 5.78 Å². The molecule has 1 fully saturated rings. The second-order valence-electron chi connectivity index (χ2n) is 6.12. The first kappa shape index (κ1) is 13.7. The number of rotatable bonds is 1. The van der Waals surface area contributed by atoms with Crippen molar-refractivity contribution in [1.29, 1.82) is 0 Å². The van der Waals surface area contributed by atoms with E-state index in [1.54, 1.807) is 20.8 Å². The second-order valence-corrected chi connectivity index (χ2v) is 6.12. The molecule has 0 bridgehead atoms. The molecule has 1 atom stereocenters. The van der Waals surface area contributed by atoms with Crippen LogP contribution in [0, 0.1) is 10.8 Å². The molecule has 19 heavy (non-hydrogen) atoms. The van der Waals surface area contributed by atoms with Gasteiger partial charge in [0.15, 0.2) is 11.5 Å². The molecule has 102 valence electrons. The first-order chi connectivity index (χ1) is 8.63. The molecule has 0 radical (unpaired) electrons. The molecule has 1 saturated carbocycles. The summed E-state index contributed by atoms with van der Waals surface area (Å²) in [6.45, 7) is 6.82. The fourth-order valence-electron chi connectivity index (χ4n) is 3.02. The number of hydrogen-bond acceptors (Lipinski definition) is 4. The second kappa shape index (κ2) is 3.89. The summed E-state index contributed by atoms with van der Waals surface area (Å²) in [6.07, 6.45) is 2.09. The minimum atomic E-state index is -0.794. The molecule has 0 spiro atoms. The molecule has 0 aromatic rings. The third kappa shape index (κ3) is 1.62. The monoisotopic (exact) mass is 262 g/mol. The third-order valence-corrected chi connectivity index (χ3v) is 4.88. The van der Waals surface area contributed by atoms with E-state index in [1.165, 1.54) is 13.0 Å². The Morgan fingerprint density at radius 1 is 1.16 bits per heavy atom. The molecule has 2 rings (SSSR count). The Morgan fingerprint density at radius 2 is 1.74 bits per heavy atom. The SMILES string of the molecule is CC1=CC(=O)C([C@@]2(C)CCC(=O)C2(C)C)=C(O)C1=O. The normalized spacial score (nSPS) is 30.9. The standard InChI is InChI=1S/C15H18O4/c1-8-7-9(16)11(13(19)12(8)18)15(4)6-5-10(17)14(15,2)3/h7,19H,5-6H2,1-4H3/t15-/m1/s1. The molecule has 2 aliphatic carbocycles. The van der Waals surface area contributed by atoms with Crippen molar-refractivity contribution in [3.8, 4) is 0 Å². The van der Waals surface area contributed by atoms with Gasteiger partial charge in [-0.2, -0.15) is 0 Å². The number of carbonyl (C=O) groups is 3. The Labute approximate surface area is 112 Å². The number of carbonyl (C=O) groups excluding carboxylic acids is 3. The minimum absolute atomic E-state index is 0.0572. The van der Waals surface area contributed by atoms with E-state index >= 15 is 0 Å². The number of hydrogen-bond donors (Lipinski definition) is 1. The van der Waals surface area contributed by atoms with Gasteiger partial charge in [-0.05, 0) is 19.4 Å². The van der Waals surface area contributed by atoms with Crippen LogP contribution in [0.2, 0.25) is 0 Å². The number of Topliss-reactive ketones (excluding diaryl/α,β-unsaturated/α-hetero) is 2. The van der Waals surface area contributed by atoms with Crippen molar-refractivity contribution < 1.29 is 19.5 Å². The summed E-state index contributed by atoms with van der Waals surface area (Å²) < 4.78 is 0. The van der Waals surface area contributed by atoms with E-state index in [1.807, 2.05) is 0 Å². The zero-order valence-corrected chi connectivity index (χ0v) is 11.7. The molecule has 0 aliphatic heterocycles. The summed E-state index contributed by atoms with van der Waals surface area (Å²) >= 11 is 0. The van der Waals surface area contributed by atoms with Gasteiger partial charge in [-0.3, -0.25) is 14.4 Å². The van der Waals surface area contributed by atoms with Gasteiger partial charge in [0.05, 0.1) is 5.57 Å². The summed E-state index contributed by atoms with van der Waals surface area (Å²) in [5.74, 6) is -1.32. The molecule has 4 nitrogen and oxygen atoms in total. The highest BCUT2D eigenvalue weighted by molar-refractivity contribution is 6.22. The lowest BCUT2D eigenvalue weighted by Crippen LogP contribution is -2.40. The van der Waals surface area contributed by atoms with Crippen LogP contribution in [-0.4, -0.2) is 22.5 Å². The van der Waals surface area contributed by atoms with Gasteiger partial charge < -0.3 is 5.11 Å². The van der Waals surface area contributed by atoms with Gasteiger partial charge in [0.2, 0.25) is 5.78 Å². The first-order valence-electron chi connectivity index (χ1n) is 6.37. The molecule has 0 heterocycles. The van der Waals surface area contributed by atoms with E-state index in [9.17, 15) is 19.5 Å². The molecule has 1 N–H and O–H groups in total. The van der Waals surface area contributed by atoms with E-state index in [0.717, 1.165) is 0 Å². The number of ketones is 3. The van der Waals surface area contributed by atoms with E-state index in [4.69, 9.17) is 0 Å². The topological polar surface area (TPSA) is 71.4 Å². The van der Waals surface area contributed by atoms with Crippen molar-refractivity contribution >= 4 is 17.3 Å². The smallest absolute Gasteiger partial charge is 0.223 e. The largest absolute Gasteiger partial charge is 0.504 e. The van der Waals surface area contributed by atoms with Crippen molar-refractivity contribution in [2.75, 3.05) is 0 Å². The fourth-order valence-corrected chi connectivity index (χ4v) is 3.02. The zero-order chi connectivity index (χ0) is 14.6. The predicted octanol–water partition coefficient (Wildman–Crippen LogP) is 2.29. The van der Waals surface area contributed by atoms with Gasteiger partial charge in [0.25, 0.3) is 0 Å². The number of allylic oxidation sites excluding steroid dienone is 3. The van der Waals surface area contributed by atoms with Gasteiger partial charge in [-0.25, -0.2) is 0 Å². The Hall–Kier alpha value is -1.71. The average molecular weight is 262 g/mol. The Kier molecular flexibility index (Phi) is 2.81. The highest BCUT2D eigenvalue weighted by atomic mass is 16.3. The van der Waals surface area contributed by atoms with Crippen LogP contribution in [0.25, 0.3) is 0 Å². The van der Waals surface area contributed by atoms with Crippen LogP contribution < -0.4 is 0 Å². The van der Waals surface area contributed by atoms with Crippen molar-refractivity contribution in [1.82, 2.24) is 0 Å². The molecular formula is C15H18O4. The highest BCUT2D eigenvalue weighted by Gasteiger charge is 2.56. The summed E-state index contributed by atoms with van der Waals surface area (Å²) in [5.41, 5.74) is -1.22. The van der Waals surface area contributed by atoms with Crippen molar-refractivity contribution in [2.24, 2.45) is 10.8 Å². The number of aliphatic hydroxyl groups excluding tert-OH is 1. The summed E-state index contributed by atoms with van der Waals surface area (Å²) in [7, 11) is 0. The van der Waals surface area contributed by atoms with Crippen molar-refractivity contribution in [2.45, 2.75) is 40.5 Å². The van der Waals surface area contributed by atoms with E-state index in [2.05, 4.69) is 0 Å². The maximum atomic E-state index is 12.2. The molecule has 0 amide bonds. The minimum Gasteiger partial charge on any atom is -0.504 e. The molecular weight excluding hydrogens is 244 g/mol. The van der Waals surface area contributed by atoms with Crippen molar-refractivity contribution in [3.63, 3.8) is 0 Å². The Balaban J connectivity index is 2.62. The summed E-state index contributed by atoms with van der Waals surface area (Å²) in [5, 5.41) is 10.1. The maximum Gasteiger partial charge on any atom is 0.223 e. The Morgan fingerprint density at radius 3 is 2.21 bits per heavy atom. The van der Waals surface area contributed by atoms with E-state index in [-0.39, 0.29) is 22.7 Å². The molecule has 4 heteroatoms. The Bertz CT molecular complexity index is 563. The lowest BCUT2D eigenvalue weighted by molar-refractivity contribution is -0.127. The van der Waals surface area contributed by atoms with Crippen LogP contribution in [0.1, 0.15) is 40.5 Å². The van der Waals surface area contributed by atoms with Crippen LogP contribution >= 0.6 is 0 Å². The van der Waals surface area contributed by atoms with Crippen LogP contribution in [0.15, 0.2) is 23.0 Å². The quantitative estimate of drug-likeness (QED) is 0.736. The fraction of sp³-hybridized carbons (Fsp3) is 0.533. The van der Waals surface area contributed by atoms with Gasteiger partial charge in [-0.15, -0.1) is 0 Å². The van der Waals surface area contributed by atoms with Crippen molar-refractivity contribution in [3.05, 3.63) is 23.0 Å². The van der Waals surface area contributed by atoms with Crippen LogP contribution in [0.5, 0.6) is 0 Å². The molecule has 0 saturated heterocycles. The van der Waals surface area contributed by atoms with Gasteiger partial charge >= 0.3 is 0 Å². The maximum absolute atomic E-state index is 12.2. The van der Waals surface area contributed by atoms with E-state index < -0.39 is 22.4 Å². The molecule has 2 aliphatic rings. The molecule has 0 aromatic carbocycles. The van der Waals surface area contributed by atoms with Gasteiger partial charge in [-0.1, -0.05) is 20.8 Å². The zero-order valence-electron chi connectivity index (χ0n) is 11.7. The van der Waals surface area contributed by atoms with E-state index in [0.29, 0.717) is 12.8 Å². The van der Waals surface area contributed by atoms with Crippen LogP contribution in [-0.2, 0) is 14.4 Å².